The Balaban J connectivity index is 2.67. The fourth-order valence-corrected chi connectivity index (χ4v) is 1.52. The van der Waals surface area contributed by atoms with E-state index >= 15 is 0 Å². The van der Waals surface area contributed by atoms with Crippen molar-refractivity contribution in [3.8, 4) is 6.07 Å². The van der Waals surface area contributed by atoms with E-state index in [4.69, 9.17) is 15.7 Å². The minimum Gasteiger partial charge on any atom is -0.398 e. The van der Waals surface area contributed by atoms with Crippen molar-refractivity contribution in [3.05, 3.63) is 23.8 Å². The predicted octanol–water partition coefficient (Wildman–Crippen LogP) is 2.37. The molecule has 3 N–H and O–H groups in total. The van der Waals surface area contributed by atoms with Crippen LogP contribution in [0.1, 0.15) is 26.3 Å². The lowest BCUT2D eigenvalue weighted by molar-refractivity contribution is 0.000699. The lowest BCUT2D eigenvalue weighted by atomic mass is 10.1. The molecule has 0 spiro atoms. The minimum absolute atomic E-state index is 0.233. The molecule has 4 heteroatoms. The van der Waals surface area contributed by atoms with Crippen molar-refractivity contribution in [2.75, 3.05) is 24.2 Å². The van der Waals surface area contributed by atoms with E-state index in [1.54, 1.807) is 12.1 Å². The van der Waals surface area contributed by atoms with Crippen molar-refractivity contribution in [2.45, 2.75) is 26.4 Å². The van der Waals surface area contributed by atoms with Gasteiger partial charge in [0.05, 0.1) is 11.2 Å². The number of ether oxygens (including phenoxy) is 1. The van der Waals surface area contributed by atoms with Gasteiger partial charge in [0.2, 0.25) is 0 Å². The topological polar surface area (TPSA) is 71.1 Å². The highest BCUT2D eigenvalue weighted by atomic mass is 16.5. The van der Waals surface area contributed by atoms with Gasteiger partial charge in [-0.05, 0) is 39.0 Å². The van der Waals surface area contributed by atoms with Crippen molar-refractivity contribution in [1.29, 1.82) is 5.26 Å². The van der Waals surface area contributed by atoms with Crippen molar-refractivity contribution >= 4 is 11.4 Å². The van der Waals surface area contributed by atoms with Gasteiger partial charge < -0.3 is 15.8 Å². The summed E-state index contributed by atoms with van der Waals surface area (Å²) in [5.74, 6) is 0. The molecule has 0 heterocycles. The number of nitrogens with two attached hydrogens (primary N) is 1. The van der Waals surface area contributed by atoms with Gasteiger partial charge in [-0.15, -0.1) is 0 Å². The van der Waals surface area contributed by atoms with Crippen LogP contribution in [-0.4, -0.2) is 18.8 Å². The Morgan fingerprint density at radius 2 is 2.18 bits per heavy atom. The van der Waals surface area contributed by atoms with Crippen LogP contribution in [0, 0.1) is 11.3 Å². The van der Waals surface area contributed by atoms with Gasteiger partial charge in [-0.3, -0.25) is 0 Å². The molecular formula is C13H19N3O. The molecule has 0 atom stereocenters. The molecule has 0 aliphatic rings. The predicted molar refractivity (Wildman–Crippen MR) is 69.8 cm³/mol. The van der Waals surface area contributed by atoms with Crippen LogP contribution < -0.4 is 11.1 Å². The third-order valence-corrected chi connectivity index (χ3v) is 2.43. The van der Waals surface area contributed by atoms with E-state index in [1.807, 2.05) is 26.8 Å². The molecule has 4 nitrogen and oxygen atoms in total. The van der Waals surface area contributed by atoms with Gasteiger partial charge >= 0.3 is 0 Å². The van der Waals surface area contributed by atoms with Crippen LogP contribution in [0.25, 0.3) is 0 Å². The standard InChI is InChI=1S/C13H19N3O/c1-4-17-13(2,3)9-16-11-5-6-12(15)10(7-11)8-14/h5-7,16H,4,9,15H2,1-3H3. The Bertz CT molecular complexity index is 421. The van der Waals surface area contributed by atoms with E-state index in [0.29, 0.717) is 24.4 Å². The molecule has 0 fully saturated rings. The minimum atomic E-state index is -0.233. The highest BCUT2D eigenvalue weighted by Crippen LogP contribution is 2.18. The average Bonchev–Trinajstić information content (AvgIpc) is 2.28. The summed E-state index contributed by atoms with van der Waals surface area (Å²) in [7, 11) is 0. The number of hydrogen-bond acceptors (Lipinski definition) is 4. The van der Waals surface area contributed by atoms with Gasteiger partial charge in [-0.2, -0.15) is 5.26 Å². The second-order valence-corrected chi connectivity index (χ2v) is 4.46. The maximum atomic E-state index is 8.87. The van der Waals surface area contributed by atoms with Gasteiger partial charge in [0.15, 0.2) is 0 Å². The van der Waals surface area contributed by atoms with Gasteiger partial charge in [-0.1, -0.05) is 0 Å². The number of hydrogen-bond donors (Lipinski definition) is 2. The maximum Gasteiger partial charge on any atom is 0.101 e. The molecule has 0 saturated carbocycles. The number of nitrogens with one attached hydrogen (secondary N) is 1. The first-order valence-corrected chi connectivity index (χ1v) is 5.66. The van der Waals surface area contributed by atoms with Crippen LogP contribution in [0.5, 0.6) is 0 Å². The van der Waals surface area contributed by atoms with E-state index in [9.17, 15) is 0 Å². The van der Waals surface area contributed by atoms with Crippen molar-refractivity contribution in [2.24, 2.45) is 0 Å². The van der Waals surface area contributed by atoms with Crippen LogP contribution in [0.2, 0.25) is 0 Å². The molecule has 0 unspecified atom stereocenters. The Hall–Kier alpha value is -1.73. The molecule has 0 bridgehead atoms. The number of nitrogen functional groups attached to an aromatic ring is 1. The summed E-state index contributed by atoms with van der Waals surface area (Å²) in [6.07, 6.45) is 0. The maximum absolute atomic E-state index is 8.87. The number of nitrogens with zero attached hydrogens (tertiary/aromatic N) is 1. The molecule has 1 aromatic rings. The van der Waals surface area contributed by atoms with Crippen molar-refractivity contribution in [1.82, 2.24) is 0 Å². The van der Waals surface area contributed by atoms with Crippen LogP contribution in [-0.2, 0) is 4.74 Å². The first-order chi connectivity index (χ1) is 7.98. The zero-order valence-electron chi connectivity index (χ0n) is 10.6. The Kier molecular flexibility index (Phi) is 4.36. The number of rotatable bonds is 5. The van der Waals surface area contributed by atoms with Crippen molar-refractivity contribution < 1.29 is 4.74 Å². The second kappa shape index (κ2) is 5.55. The highest BCUT2D eigenvalue weighted by Gasteiger charge is 2.17. The lowest BCUT2D eigenvalue weighted by Gasteiger charge is -2.25. The van der Waals surface area contributed by atoms with Crippen LogP contribution in [0.3, 0.4) is 0 Å². The molecule has 17 heavy (non-hydrogen) atoms. The summed E-state index contributed by atoms with van der Waals surface area (Å²) in [4.78, 5) is 0. The van der Waals surface area contributed by atoms with Gasteiger partial charge in [0.25, 0.3) is 0 Å². The molecule has 0 amide bonds. The highest BCUT2D eigenvalue weighted by molar-refractivity contribution is 5.61. The van der Waals surface area contributed by atoms with E-state index in [0.717, 1.165) is 5.69 Å². The molecule has 0 aromatic heterocycles. The van der Waals surface area contributed by atoms with Crippen LogP contribution >= 0.6 is 0 Å². The van der Waals surface area contributed by atoms with E-state index in [2.05, 4.69) is 11.4 Å². The zero-order valence-corrected chi connectivity index (χ0v) is 10.6. The Morgan fingerprint density at radius 1 is 1.47 bits per heavy atom. The fraction of sp³-hybridized carbons (Fsp3) is 0.462. The first kappa shape index (κ1) is 13.3. The summed E-state index contributed by atoms with van der Waals surface area (Å²) < 4.78 is 5.58. The third kappa shape index (κ3) is 3.97. The quantitative estimate of drug-likeness (QED) is 0.766. The summed E-state index contributed by atoms with van der Waals surface area (Å²) in [5.41, 5.74) is 7.29. The number of anilines is 2. The smallest absolute Gasteiger partial charge is 0.101 e. The molecule has 0 aliphatic carbocycles. The molecule has 0 radical (unpaired) electrons. The fourth-order valence-electron chi connectivity index (χ4n) is 1.52. The first-order valence-electron chi connectivity index (χ1n) is 5.66. The molecule has 0 aliphatic heterocycles. The molecule has 1 rings (SSSR count). The summed E-state index contributed by atoms with van der Waals surface area (Å²) in [6, 6.07) is 7.40. The van der Waals surface area contributed by atoms with Gasteiger partial charge in [0.1, 0.15) is 6.07 Å². The monoisotopic (exact) mass is 233 g/mol. The lowest BCUT2D eigenvalue weighted by Crippen LogP contribution is -2.33. The zero-order chi connectivity index (χ0) is 12.9. The van der Waals surface area contributed by atoms with Gasteiger partial charge in [0, 0.05) is 24.5 Å². The third-order valence-electron chi connectivity index (χ3n) is 2.43. The normalized spacial score (nSPS) is 10.9. The molecular weight excluding hydrogens is 214 g/mol. The Labute approximate surface area is 102 Å². The van der Waals surface area contributed by atoms with E-state index in [-0.39, 0.29) is 5.60 Å². The van der Waals surface area contributed by atoms with E-state index in [1.165, 1.54) is 0 Å². The van der Waals surface area contributed by atoms with Crippen LogP contribution in [0.15, 0.2) is 18.2 Å². The number of benzene rings is 1. The summed E-state index contributed by atoms with van der Waals surface area (Å²) in [6.45, 7) is 7.37. The molecule has 1 aromatic carbocycles. The SMILES string of the molecule is CCOC(C)(C)CNc1ccc(N)c(C#N)c1. The summed E-state index contributed by atoms with van der Waals surface area (Å²) >= 11 is 0. The van der Waals surface area contributed by atoms with Crippen molar-refractivity contribution in [3.63, 3.8) is 0 Å². The number of nitriles is 1. The molecule has 0 saturated heterocycles. The Morgan fingerprint density at radius 3 is 2.76 bits per heavy atom. The van der Waals surface area contributed by atoms with Gasteiger partial charge in [-0.25, -0.2) is 0 Å². The molecule has 92 valence electrons. The largest absolute Gasteiger partial charge is 0.398 e. The second-order valence-electron chi connectivity index (χ2n) is 4.46. The van der Waals surface area contributed by atoms with E-state index < -0.39 is 0 Å². The van der Waals surface area contributed by atoms with Crippen LogP contribution in [0.4, 0.5) is 11.4 Å². The average molecular weight is 233 g/mol. The summed E-state index contributed by atoms with van der Waals surface area (Å²) in [5, 5.41) is 12.1.